The molecule has 1 spiro atoms. The molecule has 3 fully saturated rings. The lowest BCUT2D eigenvalue weighted by Gasteiger charge is -2.42. The molecule has 10 nitrogen and oxygen atoms in total. The molecular formula is C34H34F3N3O7. The van der Waals surface area contributed by atoms with Crippen molar-refractivity contribution in [2.24, 2.45) is 11.8 Å². The first-order valence-corrected chi connectivity index (χ1v) is 14.9. The highest BCUT2D eigenvalue weighted by molar-refractivity contribution is 6.10. The Morgan fingerprint density at radius 1 is 0.872 bits per heavy atom. The molecule has 3 heterocycles. The molecule has 0 radical (unpaired) electrons. The van der Waals surface area contributed by atoms with Crippen molar-refractivity contribution in [2.75, 3.05) is 20.8 Å². The van der Waals surface area contributed by atoms with Gasteiger partial charge in [0, 0.05) is 19.1 Å². The number of piperidine rings is 1. The number of nitrogens with one attached hydrogen (secondary N) is 1. The molecule has 2 N–H and O–H groups in total. The number of likely N-dealkylation sites (tertiary alicyclic amines) is 2. The van der Waals surface area contributed by atoms with Crippen molar-refractivity contribution in [1.29, 1.82) is 0 Å². The summed E-state index contributed by atoms with van der Waals surface area (Å²) in [6.45, 7) is 1.21. The summed E-state index contributed by atoms with van der Waals surface area (Å²) < 4.78 is 42.3. The van der Waals surface area contributed by atoms with Crippen molar-refractivity contribution in [2.45, 2.75) is 43.7 Å². The highest BCUT2D eigenvalue weighted by Crippen LogP contribution is 2.52. The van der Waals surface area contributed by atoms with Gasteiger partial charge in [-0.05, 0) is 53.8 Å². The van der Waals surface area contributed by atoms with Crippen LogP contribution in [0.2, 0.25) is 0 Å². The summed E-state index contributed by atoms with van der Waals surface area (Å²) in [5.74, 6) is -3.38. The van der Waals surface area contributed by atoms with Crippen LogP contribution in [0.1, 0.15) is 35.6 Å². The van der Waals surface area contributed by atoms with Crippen LogP contribution in [-0.4, -0.2) is 71.1 Å². The molecule has 6 rings (SSSR count). The van der Waals surface area contributed by atoms with E-state index in [-0.39, 0.29) is 24.3 Å². The number of ether oxygens (including phenoxy) is 2. The second kappa shape index (κ2) is 13.4. The first kappa shape index (κ1) is 33.5. The van der Waals surface area contributed by atoms with E-state index in [1.807, 2.05) is 83.8 Å². The maximum absolute atomic E-state index is 14.4. The molecule has 3 aromatic rings. The Kier molecular flexibility index (Phi) is 9.57. The number of methoxy groups -OCH3 is 2. The van der Waals surface area contributed by atoms with E-state index >= 15 is 0 Å². The molecule has 3 aliphatic rings. The second-order valence-electron chi connectivity index (χ2n) is 11.6. The van der Waals surface area contributed by atoms with Gasteiger partial charge in [-0.3, -0.25) is 24.6 Å². The quantitative estimate of drug-likeness (QED) is 0.361. The summed E-state index contributed by atoms with van der Waals surface area (Å²) in [5, 5.41) is 10.7. The average molecular weight is 654 g/mol. The van der Waals surface area contributed by atoms with Crippen LogP contribution in [0, 0.1) is 11.8 Å². The predicted molar refractivity (Wildman–Crippen MR) is 162 cm³/mol. The minimum atomic E-state index is -5.08. The van der Waals surface area contributed by atoms with Gasteiger partial charge < -0.3 is 19.5 Å². The van der Waals surface area contributed by atoms with E-state index in [9.17, 15) is 27.6 Å². The van der Waals surface area contributed by atoms with Gasteiger partial charge >= 0.3 is 12.1 Å². The average Bonchev–Trinajstić information content (AvgIpc) is 3.53. The zero-order valence-corrected chi connectivity index (χ0v) is 25.7. The van der Waals surface area contributed by atoms with Gasteiger partial charge in [0.2, 0.25) is 17.7 Å². The Balaban J connectivity index is 0.000000559. The minimum Gasteiger partial charge on any atom is -0.497 e. The highest BCUT2D eigenvalue weighted by Gasteiger charge is 2.69. The summed E-state index contributed by atoms with van der Waals surface area (Å²) in [5.41, 5.74) is 1.56. The molecule has 0 saturated carbocycles. The van der Waals surface area contributed by atoms with Crippen LogP contribution in [0.5, 0.6) is 11.5 Å². The number of fused-ring (bicyclic) bond motifs is 2. The van der Waals surface area contributed by atoms with Crippen molar-refractivity contribution in [3.05, 3.63) is 95.6 Å². The van der Waals surface area contributed by atoms with Crippen molar-refractivity contribution in [1.82, 2.24) is 15.1 Å². The fourth-order valence-corrected chi connectivity index (χ4v) is 6.65. The summed E-state index contributed by atoms with van der Waals surface area (Å²) in [6.07, 6.45) is -3.86. The molecule has 4 atom stereocenters. The normalized spacial score (nSPS) is 23.8. The Hall–Kier alpha value is -4.91. The number of carboxylic acid groups (broad SMARTS) is 1. The van der Waals surface area contributed by atoms with Gasteiger partial charge in [-0.15, -0.1) is 0 Å². The number of carbonyl (C=O) groups is 4. The first-order valence-electron chi connectivity index (χ1n) is 14.9. The highest BCUT2D eigenvalue weighted by atomic mass is 19.4. The maximum atomic E-state index is 14.4. The third kappa shape index (κ3) is 6.66. The number of hydrogen-bond acceptors (Lipinski definition) is 7. The van der Waals surface area contributed by atoms with Crippen LogP contribution in [0.4, 0.5) is 13.2 Å². The van der Waals surface area contributed by atoms with Crippen LogP contribution in [-0.2, 0) is 32.3 Å². The van der Waals surface area contributed by atoms with E-state index < -0.39 is 35.6 Å². The number of carboxylic acids is 1. The predicted octanol–water partition coefficient (Wildman–Crippen LogP) is 4.34. The molecule has 0 unspecified atom stereocenters. The topological polar surface area (TPSA) is 125 Å². The number of halogens is 3. The Bertz CT molecular complexity index is 1620. The van der Waals surface area contributed by atoms with Crippen LogP contribution in [0.3, 0.4) is 0 Å². The van der Waals surface area contributed by atoms with Crippen molar-refractivity contribution < 1.29 is 46.9 Å². The monoisotopic (exact) mass is 653 g/mol. The molecule has 0 aromatic heterocycles. The molecule has 3 amide bonds. The van der Waals surface area contributed by atoms with E-state index in [1.165, 1.54) is 4.90 Å². The SMILES string of the molecule is COc1ccc(CN2CCC[C@]3(N[C@H](c4ccc(OC)cc4)[C@@H]4C(=O)N(Cc5ccccc5)C(=O)[C@@H]43)C2=O)cc1.O=C(O)C(F)(F)F. The van der Waals surface area contributed by atoms with Crippen molar-refractivity contribution >= 4 is 23.7 Å². The van der Waals surface area contributed by atoms with Gasteiger partial charge in [0.15, 0.2) is 0 Å². The Morgan fingerprint density at radius 2 is 1.43 bits per heavy atom. The van der Waals surface area contributed by atoms with Gasteiger partial charge in [0.05, 0.1) is 32.6 Å². The number of carbonyl (C=O) groups excluding carboxylic acids is 3. The van der Waals surface area contributed by atoms with Gasteiger partial charge in [0.25, 0.3) is 0 Å². The number of benzene rings is 3. The Morgan fingerprint density at radius 3 is 1.98 bits per heavy atom. The summed E-state index contributed by atoms with van der Waals surface area (Å²) in [7, 11) is 3.22. The number of hydrogen-bond donors (Lipinski definition) is 2. The van der Waals surface area contributed by atoms with Crippen LogP contribution in [0.15, 0.2) is 78.9 Å². The smallest absolute Gasteiger partial charge is 0.490 e. The van der Waals surface area contributed by atoms with Crippen molar-refractivity contribution in [3.63, 3.8) is 0 Å². The largest absolute Gasteiger partial charge is 0.497 e. The molecule has 3 aromatic carbocycles. The van der Waals surface area contributed by atoms with Gasteiger partial charge in [-0.1, -0.05) is 54.6 Å². The molecule has 13 heteroatoms. The standard InChI is InChI=1S/C32H33N3O5.C2HF3O2/c1-39-24-13-9-22(10-14-24)19-34-18-6-17-32(31(34)38)27-26(28(33-32)23-11-15-25(40-2)16-12-23)29(36)35(30(27)37)20-21-7-4-3-5-8-21;3-2(4,5)1(6)7/h3-5,7-16,26-28,33H,6,17-20H2,1-2H3;(H,6,7)/t26-,27-,28-,32-;/m1./s1. The van der Waals surface area contributed by atoms with E-state index in [0.717, 1.165) is 28.9 Å². The zero-order chi connectivity index (χ0) is 33.9. The zero-order valence-electron chi connectivity index (χ0n) is 25.7. The number of alkyl halides is 3. The molecule has 3 saturated heterocycles. The van der Waals surface area contributed by atoms with Gasteiger partial charge in [-0.25, -0.2) is 4.79 Å². The molecule has 0 aliphatic carbocycles. The van der Waals surface area contributed by atoms with Crippen LogP contribution in [0.25, 0.3) is 0 Å². The third-order valence-electron chi connectivity index (χ3n) is 8.85. The molecule has 248 valence electrons. The first-order chi connectivity index (χ1) is 22.4. The molecule has 0 bridgehead atoms. The maximum Gasteiger partial charge on any atom is 0.490 e. The third-order valence-corrected chi connectivity index (χ3v) is 8.85. The number of amides is 3. The number of imide groups is 1. The molecular weight excluding hydrogens is 619 g/mol. The van der Waals surface area contributed by atoms with Gasteiger partial charge in [-0.2, -0.15) is 13.2 Å². The van der Waals surface area contributed by atoms with E-state index in [0.29, 0.717) is 25.3 Å². The summed E-state index contributed by atoms with van der Waals surface area (Å²) in [4.78, 5) is 54.5. The number of rotatable bonds is 7. The van der Waals surface area contributed by atoms with Crippen LogP contribution < -0.4 is 14.8 Å². The lowest BCUT2D eigenvalue weighted by Crippen LogP contribution is -2.63. The van der Waals surface area contributed by atoms with E-state index in [2.05, 4.69) is 5.32 Å². The fraction of sp³-hybridized carbons (Fsp3) is 0.353. The minimum absolute atomic E-state index is 0.122. The Labute approximate surface area is 269 Å². The van der Waals surface area contributed by atoms with E-state index in [1.54, 1.807) is 14.2 Å². The van der Waals surface area contributed by atoms with Crippen LogP contribution >= 0.6 is 0 Å². The van der Waals surface area contributed by atoms with E-state index in [4.69, 9.17) is 19.4 Å². The summed E-state index contributed by atoms with van der Waals surface area (Å²) >= 11 is 0. The lowest BCUT2D eigenvalue weighted by atomic mass is 9.74. The molecule has 47 heavy (non-hydrogen) atoms. The summed E-state index contributed by atoms with van der Waals surface area (Å²) in [6, 6.07) is 24.2. The second-order valence-corrected chi connectivity index (χ2v) is 11.6. The van der Waals surface area contributed by atoms with Gasteiger partial charge in [0.1, 0.15) is 17.0 Å². The van der Waals surface area contributed by atoms with Crippen molar-refractivity contribution in [3.8, 4) is 11.5 Å². The number of aliphatic carboxylic acids is 1. The fourth-order valence-electron chi connectivity index (χ4n) is 6.65. The molecule has 3 aliphatic heterocycles. The number of nitrogens with zero attached hydrogens (tertiary/aromatic N) is 2. The lowest BCUT2D eigenvalue weighted by molar-refractivity contribution is -0.192.